The number of piperazine rings is 1. The maximum atomic E-state index is 13.2. The van der Waals surface area contributed by atoms with E-state index in [2.05, 4.69) is 15.1 Å². The molecule has 1 aliphatic rings. The van der Waals surface area contributed by atoms with Crippen LogP contribution in [0.25, 0.3) is 5.69 Å². The van der Waals surface area contributed by atoms with Crippen molar-refractivity contribution in [2.75, 3.05) is 20.2 Å². The summed E-state index contributed by atoms with van der Waals surface area (Å²) in [6.07, 6.45) is 1.55. The van der Waals surface area contributed by atoms with Crippen LogP contribution >= 0.6 is 0 Å². The van der Waals surface area contributed by atoms with E-state index in [-0.39, 0.29) is 29.7 Å². The Balaban J connectivity index is 1.49. The lowest BCUT2D eigenvalue weighted by Crippen LogP contribution is -2.60. The molecule has 0 N–H and O–H groups in total. The average Bonchev–Trinajstić information content (AvgIpc) is 3.28. The number of methoxy groups -OCH3 is 1. The molecule has 0 saturated carbocycles. The van der Waals surface area contributed by atoms with Crippen LogP contribution in [0.5, 0.6) is 5.88 Å². The molecule has 0 spiro atoms. The van der Waals surface area contributed by atoms with Crippen molar-refractivity contribution in [3.63, 3.8) is 0 Å². The summed E-state index contributed by atoms with van der Waals surface area (Å²) in [7, 11) is 1.51. The molecule has 3 aromatic rings. The minimum Gasteiger partial charge on any atom is -0.481 e. The predicted octanol–water partition coefficient (Wildman–Crippen LogP) is 2.35. The van der Waals surface area contributed by atoms with E-state index in [1.54, 1.807) is 39.0 Å². The van der Waals surface area contributed by atoms with E-state index in [9.17, 15) is 9.59 Å². The number of rotatable bonds is 4. The van der Waals surface area contributed by atoms with Crippen LogP contribution < -0.4 is 4.74 Å². The molecule has 1 aromatic carbocycles. The number of hydrogen-bond acceptors (Lipinski definition) is 6. The van der Waals surface area contributed by atoms with Gasteiger partial charge in [0.15, 0.2) is 0 Å². The minimum absolute atomic E-state index is 0.138. The first kappa shape index (κ1) is 21.5. The fourth-order valence-corrected chi connectivity index (χ4v) is 4.07. The van der Waals surface area contributed by atoms with E-state index >= 15 is 0 Å². The largest absolute Gasteiger partial charge is 0.481 e. The van der Waals surface area contributed by atoms with Gasteiger partial charge < -0.3 is 14.5 Å². The van der Waals surface area contributed by atoms with Gasteiger partial charge in [0.2, 0.25) is 11.7 Å². The lowest BCUT2D eigenvalue weighted by molar-refractivity contribution is 0.0244. The lowest BCUT2D eigenvalue weighted by Gasteiger charge is -2.43. The lowest BCUT2D eigenvalue weighted by atomic mass is 10.1. The summed E-state index contributed by atoms with van der Waals surface area (Å²) in [6.45, 7) is 6.63. The third-order valence-electron chi connectivity index (χ3n) is 5.54. The molecule has 166 valence electrons. The van der Waals surface area contributed by atoms with Gasteiger partial charge in [0.05, 0.1) is 12.8 Å². The molecule has 0 radical (unpaired) electrons. The van der Waals surface area contributed by atoms with Gasteiger partial charge in [-0.15, -0.1) is 5.10 Å². The Morgan fingerprint density at radius 2 is 1.75 bits per heavy atom. The summed E-state index contributed by atoms with van der Waals surface area (Å²) in [4.78, 5) is 38.1. The fourth-order valence-electron chi connectivity index (χ4n) is 4.07. The van der Waals surface area contributed by atoms with Gasteiger partial charge in [-0.3, -0.25) is 9.59 Å². The summed E-state index contributed by atoms with van der Waals surface area (Å²) in [5.41, 5.74) is 2.26. The van der Waals surface area contributed by atoms with Crippen LogP contribution in [-0.4, -0.2) is 73.6 Å². The van der Waals surface area contributed by atoms with Gasteiger partial charge in [0.1, 0.15) is 12.0 Å². The zero-order chi connectivity index (χ0) is 22.8. The van der Waals surface area contributed by atoms with Crippen molar-refractivity contribution in [2.24, 2.45) is 0 Å². The summed E-state index contributed by atoms with van der Waals surface area (Å²) >= 11 is 0. The molecule has 32 heavy (non-hydrogen) atoms. The van der Waals surface area contributed by atoms with Crippen LogP contribution in [0.15, 0.2) is 48.8 Å². The SMILES string of the molecule is COc1cccc(C(=O)N2CC(C)N(C(=O)c3ncn(-c4cccc(C)c4)n3)C(C)C2)n1. The van der Waals surface area contributed by atoms with E-state index in [4.69, 9.17) is 4.74 Å². The number of aryl methyl sites for hydroxylation is 1. The Kier molecular flexibility index (Phi) is 5.89. The first-order valence-electron chi connectivity index (χ1n) is 10.5. The van der Waals surface area contributed by atoms with Gasteiger partial charge in [-0.05, 0) is 44.5 Å². The molecular formula is C23H26N6O3. The number of hydrogen-bond donors (Lipinski definition) is 0. The molecule has 0 aliphatic carbocycles. The van der Waals surface area contributed by atoms with Crippen LogP contribution in [0.3, 0.4) is 0 Å². The number of ether oxygens (including phenoxy) is 1. The molecule has 2 amide bonds. The smallest absolute Gasteiger partial charge is 0.294 e. The highest BCUT2D eigenvalue weighted by atomic mass is 16.5. The highest BCUT2D eigenvalue weighted by Gasteiger charge is 2.37. The molecular weight excluding hydrogens is 408 g/mol. The quantitative estimate of drug-likeness (QED) is 0.626. The molecule has 9 heteroatoms. The molecule has 2 atom stereocenters. The van der Waals surface area contributed by atoms with Crippen molar-refractivity contribution in [3.05, 3.63) is 65.9 Å². The number of nitrogens with zero attached hydrogens (tertiary/aromatic N) is 6. The van der Waals surface area contributed by atoms with Crippen LogP contribution in [0, 0.1) is 6.92 Å². The number of carbonyl (C=O) groups excluding carboxylic acids is 2. The number of amides is 2. The standard InChI is InChI=1S/C23H26N6O3/c1-15-7-5-8-18(11-15)28-14-24-21(26-28)23(31)29-16(2)12-27(13-17(29)3)22(30)19-9-6-10-20(25-19)32-4/h5-11,14,16-17H,12-13H2,1-4H3. The zero-order valence-electron chi connectivity index (χ0n) is 18.6. The number of pyridine rings is 1. The Bertz CT molecular complexity index is 1130. The topological polar surface area (TPSA) is 93.5 Å². The van der Waals surface area contributed by atoms with E-state index < -0.39 is 0 Å². The Hall–Kier alpha value is -3.75. The summed E-state index contributed by atoms with van der Waals surface area (Å²) in [5, 5.41) is 4.40. The number of carbonyl (C=O) groups is 2. The molecule has 1 fully saturated rings. The van der Waals surface area contributed by atoms with E-state index in [0.717, 1.165) is 11.3 Å². The highest BCUT2D eigenvalue weighted by molar-refractivity contribution is 5.93. The third kappa shape index (κ3) is 4.18. The molecule has 0 bridgehead atoms. The summed E-state index contributed by atoms with van der Waals surface area (Å²) in [6, 6.07) is 12.5. The van der Waals surface area contributed by atoms with Crippen LogP contribution in [0.1, 0.15) is 40.5 Å². The maximum Gasteiger partial charge on any atom is 0.294 e. The summed E-state index contributed by atoms with van der Waals surface area (Å²) < 4.78 is 6.72. The van der Waals surface area contributed by atoms with Crippen LogP contribution in [-0.2, 0) is 0 Å². The molecule has 2 aromatic heterocycles. The highest BCUT2D eigenvalue weighted by Crippen LogP contribution is 2.20. The maximum absolute atomic E-state index is 13.2. The van der Waals surface area contributed by atoms with Crippen LogP contribution in [0.2, 0.25) is 0 Å². The van der Waals surface area contributed by atoms with Crippen molar-refractivity contribution < 1.29 is 14.3 Å². The first-order valence-corrected chi connectivity index (χ1v) is 10.5. The van der Waals surface area contributed by atoms with Gasteiger partial charge in [-0.25, -0.2) is 14.6 Å². The van der Waals surface area contributed by atoms with Crippen molar-refractivity contribution in [3.8, 4) is 11.6 Å². The van der Waals surface area contributed by atoms with Crippen molar-refractivity contribution in [1.29, 1.82) is 0 Å². The third-order valence-corrected chi connectivity index (χ3v) is 5.54. The molecule has 4 rings (SSSR count). The Morgan fingerprint density at radius 3 is 2.44 bits per heavy atom. The van der Waals surface area contributed by atoms with Crippen molar-refractivity contribution in [1.82, 2.24) is 29.5 Å². The molecule has 1 aliphatic heterocycles. The fraction of sp³-hybridized carbons (Fsp3) is 0.348. The zero-order valence-corrected chi connectivity index (χ0v) is 18.6. The second-order valence-electron chi connectivity index (χ2n) is 8.04. The normalized spacial score (nSPS) is 18.5. The van der Waals surface area contributed by atoms with Gasteiger partial charge in [0.25, 0.3) is 11.8 Å². The van der Waals surface area contributed by atoms with E-state index in [1.165, 1.54) is 7.11 Å². The van der Waals surface area contributed by atoms with Crippen molar-refractivity contribution >= 4 is 11.8 Å². The van der Waals surface area contributed by atoms with Crippen molar-refractivity contribution in [2.45, 2.75) is 32.9 Å². The second kappa shape index (κ2) is 8.78. The monoisotopic (exact) mass is 434 g/mol. The first-order chi connectivity index (χ1) is 15.4. The summed E-state index contributed by atoms with van der Waals surface area (Å²) in [5.74, 6) is 0.0973. The average molecular weight is 435 g/mol. The van der Waals surface area contributed by atoms with E-state index in [1.807, 2.05) is 45.0 Å². The molecule has 3 heterocycles. The predicted molar refractivity (Wildman–Crippen MR) is 118 cm³/mol. The van der Waals surface area contributed by atoms with Gasteiger partial charge >= 0.3 is 0 Å². The van der Waals surface area contributed by atoms with E-state index in [0.29, 0.717) is 24.7 Å². The molecule has 9 nitrogen and oxygen atoms in total. The molecule has 1 saturated heterocycles. The Morgan fingerprint density at radius 1 is 1.03 bits per heavy atom. The number of aromatic nitrogens is 4. The number of benzene rings is 1. The Labute approximate surface area is 186 Å². The van der Waals surface area contributed by atoms with Gasteiger partial charge in [-0.1, -0.05) is 18.2 Å². The van der Waals surface area contributed by atoms with Crippen LogP contribution in [0.4, 0.5) is 0 Å². The second-order valence-corrected chi connectivity index (χ2v) is 8.04. The van der Waals surface area contributed by atoms with Gasteiger partial charge in [-0.2, -0.15) is 0 Å². The molecule has 2 unspecified atom stereocenters. The van der Waals surface area contributed by atoms with Gasteiger partial charge in [0, 0.05) is 31.2 Å². The minimum atomic E-state index is -0.247.